The molecule has 0 amide bonds. The summed E-state index contributed by atoms with van der Waals surface area (Å²) in [6.07, 6.45) is 4.41. The predicted octanol–water partition coefficient (Wildman–Crippen LogP) is 3.48. The molecule has 0 spiro atoms. The van der Waals surface area contributed by atoms with E-state index in [4.69, 9.17) is 0 Å². The number of pyridine rings is 1. The van der Waals surface area contributed by atoms with Gasteiger partial charge in [0.2, 0.25) is 5.95 Å². The molecular weight excluding hydrogens is 352 g/mol. The van der Waals surface area contributed by atoms with Crippen LogP contribution in [0, 0.1) is 0 Å². The van der Waals surface area contributed by atoms with Gasteiger partial charge in [-0.3, -0.25) is 0 Å². The van der Waals surface area contributed by atoms with Gasteiger partial charge in [0.05, 0.1) is 6.33 Å². The normalized spacial score (nSPS) is 11.0. The quantitative estimate of drug-likeness (QED) is 0.674. The van der Waals surface area contributed by atoms with Gasteiger partial charge in [-0.15, -0.1) is 0 Å². The zero-order valence-corrected chi connectivity index (χ0v) is 13.7. The van der Waals surface area contributed by atoms with Gasteiger partial charge in [-0.2, -0.15) is 4.98 Å². The van der Waals surface area contributed by atoms with Crippen molar-refractivity contribution < 1.29 is 0 Å². The van der Waals surface area contributed by atoms with Crippen LogP contribution in [0.2, 0.25) is 0 Å². The fourth-order valence-electron chi connectivity index (χ4n) is 1.72. The first-order valence-corrected chi connectivity index (χ1v) is 8.11. The minimum atomic E-state index is 0.594. The highest BCUT2D eigenvalue weighted by Crippen LogP contribution is 2.30. The van der Waals surface area contributed by atoms with Crippen molar-refractivity contribution >= 4 is 44.8 Å². The van der Waals surface area contributed by atoms with Crippen LogP contribution < -0.4 is 5.32 Å². The predicted molar refractivity (Wildman–Crippen MR) is 86.5 cm³/mol. The Morgan fingerprint density at radius 2 is 2.19 bits per heavy atom. The van der Waals surface area contributed by atoms with E-state index in [2.05, 4.69) is 53.1 Å². The first-order valence-electron chi connectivity index (χ1n) is 6.50. The van der Waals surface area contributed by atoms with Crippen LogP contribution in [0.15, 0.2) is 39.2 Å². The number of nitrogens with one attached hydrogen (secondary N) is 2. The molecule has 0 saturated carbocycles. The minimum absolute atomic E-state index is 0.594. The van der Waals surface area contributed by atoms with E-state index < -0.39 is 0 Å². The van der Waals surface area contributed by atoms with Crippen molar-refractivity contribution in [3.63, 3.8) is 0 Å². The van der Waals surface area contributed by atoms with Crippen LogP contribution in [0.1, 0.15) is 13.3 Å². The molecule has 21 heavy (non-hydrogen) atoms. The number of nitrogens with zero attached hydrogens (tertiary/aromatic N) is 4. The lowest BCUT2D eigenvalue weighted by Crippen LogP contribution is -2.05. The van der Waals surface area contributed by atoms with Crippen LogP contribution in [0.5, 0.6) is 0 Å². The molecule has 2 N–H and O–H groups in total. The molecule has 0 bridgehead atoms. The summed E-state index contributed by atoms with van der Waals surface area (Å²) in [5.74, 6) is 0.594. The average molecular weight is 365 g/mol. The second-order valence-corrected chi connectivity index (χ2v) is 6.22. The molecule has 0 saturated heterocycles. The maximum Gasteiger partial charge on any atom is 0.225 e. The Hall–Kier alpha value is -1.67. The highest BCUT2D eigenvalue weighted by Gasteiger charge is 2.11. The molecule has 0 aliphatic heterocycles. The van der Waals surface area contributed by atoms with Crippen LogP contribution in [0.3, 0.4) is 0 Å². The Labute approximate surface area is 134 Å². The Kier molecular flexibility index (Phi) is 4.35. The van der Waals surface area contributed by atoms with E-state index in [0.29, 0.717) is 11.6 Å². The Balaban J connectivity index is 1.95. The van der Waals surface area contributed by atoms with E-state index >= 15 is 0 Å². The monoisotopic (exact) mass is 364 g/mol. The Bertz CT molecular complexity index is 742. The highest BCUT2D eigenvalue weighted by molar-refractivity contribution is 9.10. The number of anilines is 1. The summed E-state index contributed by atoms with van der Waals surface area (Å²) >= 11 is 4.86. The van der Waals surface area contributed by atoms with Gasteiger partial charge in [-0.25, -0.2) is 15.0 Å². The Morgan fingerprint density at radius 1 is 1.29 bits per heavy atom. The van der Waals surface area contributed by atoms with Gasteiger partial charge in [0.25, 0.3) is 0 Å². The molecular formula is C13H13BrN6S. The molecule has 0 aromatic carbocycles. The first kappa shape index (κ1) is 14.3. The maximum absolute atomic E-state index is 4.55. The molecule has 0 radical (unpaired) electrons. The van der Waals surface area contributed by atoms with Gasteiger partial charge in [-0.05, 0) is 46.2 Å². The van der Waals surface area contributed by atoms with Crippen molar-refractivity contribution in [2.75, 3.05) is 11.9 Å². The fraction of sp³-hybridized carbons (Fsp3) is 0.231. The van der Waals surface area contributed by atoms with Crippen molar-refractivity contribution in [3.8, 4) is 0 Å². The smallest absolute Gasteiger partial charge is 0.225 e. The third-order valence-electron chi connectivity index (χ3n) is 2.69. The number of hydrogen-bond acceptors (Lipinski definition) is 6. The van der Waals surface area contributed by atoms with E-state index in [-0.39, 0.29) is 0 Å². The van der Waals surface area contributed by atoms with E-state index in [1.807, 2.05) is 12.1 Å². The summed E-state index contributed by atoms with van der Waals surface area (Å²) in [7, 11) is 0. The summed E-state index contributed by atoms with van der Waals surface area (Å²) in [6.45, 7) is 2.93. The lowest BCUT2D eigenvalue weighted by Gasteiger charge is -2.06. The van der Waals surface area contributed by atoms with Crippen molar-refractivity contribution in [2.24, 2.45) is 0 Å². The topological polar surface area (TPSA) is 79.4 Å². The molecule has 6 nitrogen and oxygen atoms in total. The average Bonchev–Trinajstić information content (AvgIpc) is 2.96. The van der Waals surface area contributed by atoms with Crippen molar-refractivity contribution in [1.82, 2.24) is 24.9 Å². The molecule has 0 unspecified atom stereocenters. The van der Waals surface area contributed by atoms with E-state index in [9.17, 15) is 0 Å². The van der Waals surface area contributed by atoms with Crippen molar-refractivity contribution in [3.05, 3.63) is 29.1 Å². The number of fused-ring (bicyclic) bond motifs is 1. The number of halogens is 1. The molecule has 8 heteroatoms. The largest absolute Gasteiger partial charge is 0.354 e. The lowest BCUT2D eigenvalue weighted by atomic mass is 10.5. The third kappa shape index (κ3) is 3.33. The lowest BCUT2D eigenvalue weighted by molar-refractivity contribution is 0.943. The molecule has 3 aromatic rings. The van der Waals surface area contributed by atoms with Crippen LogP contribution in [-0.4, -0.2) is 31.5 Å². The molecule has 0 atom stereocenters. The van der Waals surface area contributed by atoms with Crippen LogP contribution >= 0.6 is 27.7 Å². The molecule has 0 aliphatic carbocycles. The summed E-state index contributed by atoms with van der Waals surface area (Å²) in [5, 5.41) is 4.87. The summed E-state index contributed by atoms with van der Waals surface area (Å²) in [4.78, 5) is 20.6. The molecule has 3 heterocycles. The van der Waals surface area contributed by atoms with Crippen LogP contribution in [-0.2, 0) is 0 Å². The SMILES string of the molecule is CCCNc1nc(Sc2ccc(Br)cn2)c2[nH]cnc2n1. The molecule has 0 aliphatic rings. The number of aromatic amines is 1. The molecule has 3 aromatic heterocycles. The minimum Gasteiger partial charge on any atom is -0.354 e. The maximum atomic E-state index is 4.55. The summed E-state index contributed by atoms with van der Waals surface area (Å²) in [6, 6.07) is 3.90. The second kappa shape index (κ2) is 6.40. The standard InChI is InChI=1S/C13H13BrN6S/c1-2-5-15-13-19-11-10(17-7-18-11)12(20-13)21-9-4-3-8(14)6-16-9/h3-4,6-7H,2,5H2,1H3,(H2,15,17,18,19,20). The summed E-state index contributed by atoms with van der Waals surface area (Å²) < 4.78 is 0.950. The highest BCUT2D eigenvalue weighted by atomic mass is 79.9. The molecule has 0 fully saturated rings. The first-order chi connectivity index (χ1) is 10.3. The zero-order valence-electron chi connectivity index (χ0n) is 11.3. The van der Waals surface area contributed by atoms with Gasteiger partial charge in [0.1, 0.15) is 15.6 Å². The van der Waals surface area contributed by atoms with Gasteiger partial charge in [-0.1, -0.05) is 6.92 Å². The number of imidazole rings is 1. The second-order valence-electron chi connectivity index (χ2n) is 4.30. The zero-order chi connectivity index (χ0) is 14.7. The van der Waals surface area contributed by atoms with E-state index in [1.165, 1.54) is 11.8 Å². The van der Waals surface area contributed by atoms with Gasteiger partial charge >= 0.3 is 0 Å². The number of rotatable bonds is 5. The van der Waals surface area contributed by atoms with Gasteiger partial charge < -0.3 is 10.3 Å². The summed E-state index contributed by atoms with van der Waals surface area (Å²) in [5.41, 5.74) is 1.48. The Morgan fingerprint density at radius 3 is 2.95 bits per heavy atom. The fourth-order valence-corrected chi connectivity index (χ4v) is 2.78. The van der Waals surface area contributed by atoms with Gasteiger partial charge in [0, 0.05) is 17.2 Å². The molecule has 108 valence electrons. The number of aromatic nitrogens is 5. The third-order valence-corrected chi connectivity index (χ3v) is 4.10. The van der Waals surface area contributed by atoms with Crippen LogP contribution in [0.4, 0.5) is 5.95 Å². The number of hydrogen-bond donors (Lipinski definition) is 2. The van der Waals surface area contributed by atoms with E-state index in [0.717, 1.165) is 33.0 Å². The number of H-pyrrole nitrogens is 1. The van der Waals surface area contributed by atoms with E-state index in [1.54, 1.807) is 12.5 Å². The van der Waals surface area contributed by atoms with Crippen molar-refractivity contribution in [2.45, 2.75) is 23.4 Å². The van der Waals surface area contributed by atoms with Crippen LogP contribution in [0.25, 0.3) is 11.2 Å². The van der Waals surface area contributed by atoms with Gasteiger partial charge in [0.15, 0.2) is 5.65 Å². The van der Waals surface area contributed by atoms with Crippen molar-refractivity contribution in [1.29, 1.82) is 0 Å². The molecule has 3 rings (SSSR count).